The van der Waals surface area contributed by atoms with E-state index in [1.54, 1.807) is 5.19 Å². The Labute approximate surface area is 223 Å². The molecule has 0 saturated heterocycles. The first-order chi connectivity index (χ1) is 15.0. The highest BCUT2D eigenvalue weighted by Gasteiger charge is 2.33. The molecule has 0 aliphatic carbocycles. The van der Waals surface area contributed by atoms with Gasteiger partial charge in [0.25, 0.3) is 0 Å². The van der Waals surface area contributed by atoms with E-state index in [1.807, 2.05) is 24.3 Å². The zero-order valence-corrected chi connectivity index (χ0v) is 28.0. The lowest BCUT2D eigenvalue weighted by Crippen LogP contribution is -2.54. The van der Waals surface area contributed by atoms with Crippen molar-refractivity contribution in [1.29, 1.82) is 0 Å². The van der Waals surface area contributed by atoms with Crippen LogP contribution in [0.2, 0.25) is 58.9 Å². The van der Waals surface area contributed by atoms with Gasteiger partial charge < -0.3 is 8.83 Å². The number of rotatable bonds is 2. The summed E-state index contributed by atoms with van der Waals surface area (Å²) in [7, 11) is -3.90. The average Bonchev–Trinajstić information content (AvgIpc) is 3.19. The number of para-hydroxylation sites is 2. The van der Waals surface area contributed by atoms with Crippen molar-refractivity contribution >= 4 is 99.0 Å². The molecule has 2 aromatic carbocycles. The summed E-state index contributed by atoms with van der Waals surface area (Å²) in [5.41, 5.74) is 1.97. The topological polar surface area (TPSA) is 26.3 Å². The number of hydrogen-bond donors (Lipinski definition) is 0. The van der Waals surface area contributed by atoms with E-state index in [9.17, 15) is 0 Å². The fraction of sp³-hybridized carbons (Fsp3) is 0.360. The van der Waals surface area contributed by atoms with Crippen molar-refractivity contribution in [2.45, 2.75) is 58.9 Å². The van der Waals surface area contributed by atoms with Crippen molar-refractivity contribution in [2.75, 3.05) is 0 Å². The first kappa shape index (κ1) is 28.7. The normalized spacial score (nSPS) is 12.2. The molecule has 0 atom stereocenters. The monoisotopic (exact) mass is 644 g/mol. The summed E-state index contributed by atoms with van der Waals surface area (Å²) in [6.45, 7) is 20.6. The minimum absolute atomic E-state index is 0.749. The van der Waals surface area contributed by atoms with Crippen molar-refractivity contribution in [1.82, 2.24) is 0 Å². The maximum absolute atomic E-state index is 6.19. The van der Waals surface area contributed by atoms with E-state index in [4.69, 9.17) is 19.9 Å². The SMILES string of the molecule is Brc1oc2ccccc2c1Br.C[Si](C)(C)Cl.C[Si](C)(C)c1oc2ccccc2c1[Si](C)(C)C. The van der Waals surface area contributed by atoms with Gasteiger partial charge in [-0.05, 0) is 55.2 Å². The summed E-state index contributed by atoms with van der Waals surface area (Å²) in [5.74, 6) is 0. The van der Waals surface area contributed by atoms with E-state index in [2.05, 4.69) is 115 Å². The van der Waals surface area contributed by atoms with E-state index >= 15 is 0 Å². The Morgan fingerprint density at radius 2 is 1.06 bits per heavy atom. The Bertz CT molecular complexity index is 1210. The number of benzene rings is 2. The quantitative estimate of drug-likeness (QED) is 0.160. The standard InChI is InChI=1S/C14H22OSi2.C8H4Br2O.C3H9ClSi/c1-16(2,3)13-11-9-7-8-10-12(11)15-14(13)17(4,5)6;9-7-5-3-1-2-4-6(5)11-8(7)10;1-5(2,3)4/h7-10H,1-6H3;1-4H;1-3H3. The third kappa shape index (κ3) is 8.25. The predicted octanol–water partition coefficient (Wildman–Crippen LogP) is 9.54. The second kappa shape index (κ2) is 11.0. The van der Waals surface area contributed by atoms with Crippen LogP contribution in [-0.2, 0) is 0 Å². The van der Waals surface area contributed by atoms with E-state index in [-0.39, 0.29) is 0 Å². The average molecular weight is 647 g/mol. The van der Waals surface area contributed by atoms with Crippen LogP contribution >= 0.6 is 42.9 Å². The van der Waals surface area contributed by atoms with Crippen molar-refractivity contribution in [3.05, 3.63) is 57.7 Å². The van der Waals surface area contributed by atoms with Gasteiger partial charge in [0.15, 0.2) is 4.67 Å². The van der Waals surface area contributed by atoms with Gasteiger partial charge in [0.05, 0.1) is 17.9 Å². The number of furan rings is 2. The van der Waals surface area contributed by atoms with Crippen molar-refractivity contribution in [3.8, 4) is 0 Å². The maximum atomic E-state index is 6.19. The zero-order valence-electron chi connectivity index (χ0n) is 21.1. The highest BCUT2D eigenvalue weighted by atomic mass is 79.9. The van der Waals surface area contributed by atoms with Crippen LogP contribution in [0, 0.1) is 0 Å². The van der Waals surface area contributed by atoms with Crippen molar-refractivity contribution in [3.63, 3.8) is 0 Å². The molecule has 2 heterocycles. The lowest BCUT2D eigenvalue weighted by molar-refractivity contribution is 0.585. The first-order valence-electron chi connectivity index (χ1n) is 11.0. The highest BCUT2D eigenvalue weighted by Crippen LogP contribution is 2.34. The molecule has 8 heteroatoms. The molecule has 0 aliphatic rings. The van der Waals surface area contributed by atoms with Crippen LogP contribution in [0.25, 0.3) is 21.9 Å². The molecule has 0 N–H and O–H groups in total. The molecule has 0 spiro atoms. The third-order valence-corrected chi connectivity index (χ3v) is 10.4. The smallest absolute Gasteiger partial charge is 0.184 e. The van der Waals surface area contributed by atoms with Crippen LogP contribution in [0.15, 0.2) is 66.5 Å². The maximum Gasteiger partial charge on any atom is 0.184 e. The minimum atomic E-state index is -1.40. The Hall–Kier alpha value is -0.579. The largest absolute Gasteiger partial charge is 0.466 e. The van der Waals surface area contributed by atoms with Crippen LogP contribution < -0.4 is 10.6 Å². The van der Waals surface area contributed by atoms with Crippen LogP contribution in [0.4, 0.5) is 0 Å². The Morgan fingerprint density at radius 1 is 0.636 bits per heavy atom. The van der Waals surface area contributed by atoms with E-state index in [0.717, 1.165) is 25.7 Å². The Morgan fingerprint density at radius 3 is 1.48 bits per heavy atom. The molecule has 0 radical (unpaired) electrons. The number of hydrogen-bond acceptors (Lipinski definition) is 2. The fourth-order valence-corrected chi connectivity index (χ4v) is 9.40. The molecule has 4 rings (SSSR count). The van der Waals surface area contributed by atoms with Gasteiger partial charge in [-0.3, -0.25) is 0 Å². The Balaban J connectivity index is 0.000000206. The van der Waals surface area contributed by atoms with Gasteiger partial charge in [-0.1, -0.05) is 89.3 Å². The molecular formula is C25H35Br2ClO2Si3. The second-order valence-corrected chi connectivity index (χ2v) is 30.1. The molecule has 0 saturated carbocycles. The van der Waals surface area contributed by atoms with Gasteiger partial charge in [-0.15, -0.1) is 0 Å². The molecule has 2 aromatic heterocycles. The molecule has 0 fully saturated rings. The van der Waals surface area contributed by atoms with Gasteiger partial charge in [0.2, 0.25) is 0 Å². The van der Waals surface area contributed by atoms with E-state index in [0.29, 0.717) is 0 Å². The van der Waals surface area contributed by atoms with Crippen LogP contribution in [0.1, 0.15) is 0 Å². The molecule has 0 amide bonds. The van der Waals surface area contributed by atoms with Gasteiger partial charge in [-0.2, -0.15) is 11.1 Å². The van der Waals surface area contributed by atoms with Crippen molar-refractivity contribution < 1.29 is 8.83 Å². The molecule has 0 bridgehead atoms. The van der Waals surface area contributed by atoms with E-state index < -0.39 is 23.5 Å². The molecule has 2 nitrogen and oxygen atoms in total. The number of fused-ring (bicyclic) bond motifs is 2. The van der Waals surface area contributed by atoms with Gasteiger partial charge in [0.1, 0.15) is 26.6 Å². The van der Waals surface area contributed by atoms with E-state index in [1.165, 1.54) is 10.8 Å². The minimum Gasteiger partial charge on any atom is -0.466 e. The van der Waals surface area contributed by atoms with Crippen LogP contribution in [-0.4, -0.2) is 23.5 Å². The Kier molecular flexibility index (Phi) is 9.55. The van der Waals surface area contributed by atoms with Crippen LogP contribution in [0.5, 0.6) is 0 Å². The summed E-state index contributed by atoms with van der Waals surface area (Å²) < 4.78 is 13.3. The third-order valence-electron chi connectivity index (χ3n) is 4.52. The molecule has 0 aliphatic heterocycles. The van der Waals surface area contributed by atoms with Gasteiger partial charge >= 0.3 is 0 Å². The molecule has 33 heavy (non-hydrogen) atoms. The summed E-state index contributed by atoms with van der Waals surface area (Å²) in [6.07, 6.45) is 0. The first-order valence-corrected chi connectivity index (χ1v) is 24.1. The highest BCUT2D eigenvalue weighted by molar-refractivity contribution is 9.13. The van der Waals surface area contributed by atoms with Gasteiger partial charge in [-0.25, -0.2) is 0 Å². The molecular weight excluding hydrogens is 612 g/mol. The lowest BCUT2D eigenvalue weighted by Gasteiger charge is -2.22. The summed E-state index contributed by atoms with van der Waals surface area (Å²) in [6, 6.07) is 16.4. The predicted molar refractivity (Wildman–Crippen MR) is 163 cm³/mol. The molecule has 0 unspecified atom stereocenters. The fourth-order valence-electron chi connectivity index (χ4n) is 3.30. The summed E-state index contributed by atoms with van der Waals surface area (Å²) >= 11 is 12.4. The second-order valence-electron chi connectivity index (χ2n) is 11.1. The number of halogens is 3. The zero-order chi connectivity index (χ0) is 25.2. The van der Waals surface area contributed by atoms with Gasteiger partial charge in [0, 0.05) is 10.8 Å². The molecule has 180 valence electrons. The lowest BCUT2D eigenvalue weighted by atomic mass is 10.3. The summed E-state index contributed by atoms with van der Waals surface area (Å²) in [5, 5.41) is 5.31. The van der Waals surface area contributed by atoms with Crippen molar-refractivity contribution in [2.24, 2.45) is 0 Å². The summed E-state index contributed by atoms with van der Waals surface area (Å²) in [4.78, 5) is 0. The van der Waals surface area contributed by atoms with Crippen LogP contribution in [0.3, 0.4) is 0 Å². The molecule has 4 aromatic rings.